The topological polar surface area (TPSA) is 9.23 Å². The Hall–Kier alpha value is -2.68. The summed E-state index contributed by atoms with van der Waals surface area (Å²) in [4.78, 5) is 0. The van der Waals surface area contributed by atoms with Gasteiger partial charge >= 0.3 is 0 Å². The van der Waals surface area contributed by atoms with Crippen LogP contribution in [0.1, 0.15) is 49.8 Å². The molecule has 3 aromatic carbocycles. The van der Waals surface area contributed by atoms with Gasteiger partial charge < -0.3 is 4.74 Å². The van der Waals surface area contributed by atoms with E-state index in [1.807, 2.05) is 31.2 Å². The van der Waals surface area contributed by atoms with E-state index in [4.69, 9.17) is 4.74 Å². The summed E-state index contributed by atoms with van der Waals surface area (Å²) in [5, 5.41) is 0. The molecule has 0 saturated carbocycles. The summed E-state index contributed by atoms with van der Waals surface area (Å²) in [5.74, 6) is -1.80. The van der Waals surface area contributed by atoms with Crippen molar-refractivity contribution in [1.29, 1.82) is 0 Å². The van der Waals surface area contributed by atoms with E-state index in [1.54, 1.807) is 6.07 Å². The number of rotatable bonds is 10. The van der Waals surface area contributed by atoms with Gasteiger partial charge in [-0.2, -0.15) is 4.39 Å². The summed E-state index contributed by atoms with van der Waals surface area (Å²) >= 11 is 0. The normalized spacial score (nSPS) is 10.9. The Morgan fingerprint density at radius 1 is 0.633 bits per heavy atom. The summed E-state index contributed by atoms with van der Waals surface area (Å²) in [6.07, 6.45) is 5.90. The fraction of sp³-hybridized carbons (Fsp3) is 0.333. The molecular formula is C27H30F2O. The van der Waals surface area contributed by atoms with Crippen molar-refractivity contribution in [3.8, 4) is 16.9 Å². The van der Waals surface area contributed by atoms with Crippen LogP contribution in [0.4, 0.5) is 8.78 Å². The SMILES string of the molecule is CCCCOc1ccc(-c2ccc(CCc3ccc(CCC)cc3)cc2)c(F)c1F. The highest BCUT2D eigenvalue weighted by Gasteiger charge is 2.15. The zero-order valence-electron chi connectivity index (χ0n) is 17.9. The van der Waals surface area contributed by atoms with E-state index in [0.29, 0.717) is 12.2 Å². The number of halogens is 2. The molecule has 0 amide bonds. The van der Waals surface area contributed by atoms with Crippen molar-refractivity contribution in [1.82, 2.24) is 0 Å². The summed E-state index contributed by atoms with van der Waals surface area (Å²) in [6.45, 7) is 4.60. The van der Waals surface area contributed by atoms with Crippen molar-refractivity contribution < 1.29 is 13.5 Å². The number of ether oxygens (including phenoxy) is 1. The molecule has 0 aliphatic heterocycles. The average Bonchev–Trinajstić information content (AvgIpc) is 2.77. The minimum Gasteiger partial charge on any atom is -0.490 e. The molecule has 0 spiro atoms. The van der Waals surface area contributed by atoms with Gasteiger partial charge in [-0.3, -0.25) is 0 Å². The first-order valence-electron chi connectivity index (χ1n) is 10.9. The lowest BCUT2D eigenvalue weighted by molar-refractivity contribution is 0.289. The summed E-state index contributed by atoms with van der Waals surface area (Å²) in [7, 11) is 0. The molecule has 0 N–H and O–H groups in total. The number of benzene rings is 3. The van der Waals surface area contributed by atoms with Gasteiger partial charge in [0.05, 0.1) is 6.61 Å². The first kappa shape index (κ1) is 22.0. The molecule has 0 atom stereocenters. The molecule has 0 saturated heterocycles. The molecule has 3 rings (SSSR count). The molecule has 158 valence electrons. The Bertz CT molecular complexity index is 930. The second kappa shape index (κ2) is 10.9. The minimum absolute atomic E-state index is 0.0220. The number of hydrogen-bond acceptors (Lipinski definition) is 1. The fourth-order valence-electron chi connectivity index (χ4n) is 3.49. The predicted molar refractivity (Wildman–Crippen MR) is 120 cm³/mol. The van der Waals surface area contributed by atoms with Crippen LogP contribution in [-0.2, 0) is 19.3 Å². The smallest absolute Gasteiger partial charge is 0.201 e. The van der Waals surface area contributed by atoms with Gasteiger partial charge in [-0.25, -0.2) is 4.39 Å². The van der Waals surface area contributed by atoms with Crippen LogP contribution in [0.3, 0.4) is 0 Å². The summed E-state index contributed by atoms with van der Waals surface area (Å²) in [5.41, 5.74) is 4.79. The third-order valence-corrected chi connectivity index (χ3v) is 5.33. The van der Waals surface area contributed by atoms with E-state index >= 15 is 0 Å². The molecule has 0 aromatic heterocycles. The molecule has 3 heteroatoms. The summed E-state index contributed by atoms with van der Waals surface area (Å²) < 4.78 is 34.2. The van der Waals surface area contributed by atoms with Gasteiger partial charge in [0.25, 0.3) is 0 Å². The van der Waals surface area contributed by atoms with E-state index in [9.17, 15) is 8.78 Å². The van der Waals surface area contributed by atoms with Gasteiger partial charge in [-0.05, 0) is 60.1 Å². The van der Waals surface area contributed by atoms with Crippen LogP contribution in [-0.4, -0.2) is 6.61 Å². The van der Waals surface area contributed by atoms with Gasteiger partial charge in [0.15, 0.2) is 11.6 Å². The Labute approximate surface area is 178 Å². The lowest BCUT2D eigenvalue weighted by Crippen LogP contribution is -2.01. The molecule has 3 aromatic rings. The highest BCUT2D eigenvalue weighted by molar-refractivity contribution is 5.65. The van der Waals surface area contributed by atoms with Gasteiger partial charge in [-0.1, -0.05) is 75.2 Å². The standard InChI is InChI=1S/C27H30F2O/c1-3-5-19-30-25-18-17-24(26(28)27(25)29)23-15-13-22(14-16-23)12-11-21-9-7-20(6-4-2)8-10-21/h7-10,13-18H,3-6,11-12,19H2,1-2H3. The van der Waals surface area contributed by atoms with Crippen LogP contribution >= 0.6 is 0 Å². The zero-order chi connectivity index (χ0) is 21.3. The van der Waals surface area contributed by atoms with Crippen molar-refractivity contribution >= 4 is 0 Å². The summed E-state index contributed by atoms with van der Waals surface area (Å²) in [6, 6.07) is 19.6. The molecule has 0 radical (unpaired) electrons. The van der Waals surface area contributed by atoms with Crippen molar-refractivity contribution in [2.45, 2.75) is 52.4 Å². The fourth-order valence-corrected chi connectivity index (χ4v) is 3.49. The molecule has 0 unspecified atom stereocenters. The Morgan fingerprint density at radius 3 is 1.77 bits per heavy atom. The van der Waals surface area contributed by atoms with Crippen LogP contribution in [0.2, 0.25) is 0 Å². The van der Waals surface area contributed by atoms with Crippen molar-refractivity contribution in [3.05, 3.63) is 89.0 Å². The second-order valence-corrected chi connectivity index (χ2v) is 7.70. The maximum absolute atomic E-state index is 14.6. The third kappa shape index (κ3) is 5.69. The van der Waals surface area contributed by atoms with E-state index in [-0.39, 0.29) is 11.3 Å². The van der Waals surface area contributed by atoms with E-state index in [1.165, 1.54) is 22.8 Å². The first-order valence-corrected chi connectivity index (χ1v) is 10.9. The number of aryl methyl sites for hydroxylation is 3. The Morgan fingerprint density at radius 2 is 1.20 bits per heavy atom. The van der Waals surface area contributed by atoms with Gasteiger partial charge in [-0.15, -0.1) is 0 Å². The quantitative estimate of drug-likeness (QED) is 0.315. The molecular weight excluding hydrogens is 378 g/mol. The first-order chi connectivity index (χ1) is 14.6. The van der Waals surface area contributed by atoms with E-state index < -0.39 is 11.6 Å². The van der Waals surface area contributed by atoms with Gasteiger partial charge in [0.1, 0.15) is 0 Å². The van der Waals surface area contributed by atoms with Crippen LogP contribution in [0.15, 0.2) is 60.7 Å². The Balaban J connectivity index is 1.64. The lowest BCUT2D eigenvalue weighted by atomic mass is 9.99. The molecule has 30 heavy (non-hydrogen) atoms. The molecule has 0 bridgehead atoms. The van der Waals surface area contributed by atoms with Gasteiger partial charge in [0, 0.05) is 5.56 Å². The van der Waals surface area contributed by atoms with Crippen LogP contribution in [0.5, 0.6) is 5.75 Å². The maximum atomic E-state index is 14.6. The third-order valence-electron chi connectivity index (χ3n) is 5.33. The van der Waals surface area contributed by atoms with Crippen LogP contribution in [0.25, 0.3) is 11.1 Å². The molecule has 0 aliphatic rings. The van der Waals surface area contributed by atoms with Crippen LogP contribution < -0.4 is 4.74 Å². The van der Waals surface area contributed by atoms with Crippen LogP contribution in [0, 0.1) is 11.6 Å². The van der Waals surface area contributed by atoms with E-state index in [2.05, 4.69) is 31.2 Å². The zero-order valence-corrected chi connectivity index (χ0v) is 17.9. The monoisotopic (exact) mass is 408 g/mol. The minimum atomic E-state index is -0.917. The molecule has 0 aliphatic carbocycles. The highest BCUT2D eigenvalue weighted by Crippen LogP contribution is 2.30. The lowest BCUT2D eigenvalue weighted by Gasteiger charge is -2.11. The largest absolute Gasteiger partial charge is 0.490 e. The number of hydrogen-bond donors (Lipinski definition) is 0. The Kier molecular flexibility index (Phi) is 8.01. The molecule has 0 heterocycles. The van der Waals surface area contributed by atoms with Crippen molar-refractivity contribution in [3.63, 3.8) is 0 Å². The second-order valence-electron chi connectivity index (χ2n) is 7.70. The van der Waals surface area contributed by atoms with Gasteiger partial charge in [0.2, 0.25) is 5.82 Å². The molecule has 1 nitrogen and oxygen atoms in total. The predicted octanol–water partition coefficient (Wildman–Crippen LogP) is 7.55. The van der Waals surface area contributed by atoms with Crippen molar-refractivity contribution in [2.75, 3.05) is 6.61 Å². The molecule has 0 fully saturated rings. The number of unbranched alkanes of at least 4 members (excludes halogenated alkanes) is 1. The van der Waals surface area contributed by atoms with E-state index in [0.717, 1.165) is 38.5 Å². The van der Waals surface area contributed by atoms with Crippen molar-refractivity contribution in [2.24, 2.45) is 0 Å². The average molecular weight is 409 g/mol. The maximum Gasteiger partial charge on any atom is 0.201 e. The highest BCUT2D eigenvalue weighted by atomic mass is 19.2.